The summed E-state index contributed by atoms with van der Waals surface area (Å²) in [6, 6.07) is -0.131. The lowest BCUT2D eigenvalue weighted by Gasteiger charge is -2.31. The Morgan fingerprint density at radius 3 is 2.70 bits per heavy atom. The minimum absolute atomic E-state index is 0.0145. The fourth-order valence-corrected chi connectivity index (χ4v) is 4.35. The van der Waals surface area contributed by atoms with Crippen molar-refractivity contribution in [3.63, 3.8) is 0 Å². The molecule has 1 saturated heterocycles. The molecule has 2 aliphatic carbocycles. The molecule has 0 aromatic heterocycles. The molecule has 6 heteroatoms. The van der Waals surface area contributed by atoms with Gasteiger partial charge in [0.05, 0.1) is 12.1 Å². The van der Waals surface area contributed by atoms with E-state index < -0.39 is 0 Å². The molecule has 2 saturated carbocycles. The smallest absolute Gasteiger partial charge is 0.318 e. The van der Waals surface area contributed by atoms with Crippen LogP contribution in [0.25, 0.3) is 0 Å². The van der Waals surface area contributed by atoms with Crippen LogP contribution in [0.15, 0.2) is 0 Å². The van der Waals surface area contributed by atoms with Gasteiger partial charge in [0.2, 0.25) is 0 Å². The van der Waals surface area contributed by atoms with Crippen LogP contribution >= 0.6 is 0 Å². The third-order valence-corrected chi connectivity index (χ3v) is 5.47. The first-order valence-electron chi connectivity index (χ1n) is 8.80. The molecule has 1 aliphatic heterocycles. The van der Waals surface area contributed by atoms with Crippen molar-refractivity contribution in [3.8, 4) is 0 Å². The first-order valence-corrected chi connectivity index (χ1v) is 8.80. The number of carbonyl (C=O) groups is 3. The maximum Gasteiger partial charge on any atom is 0.318 e. The van der Waals surface area contributed by atoms with Crippen LogP contribution in [0.3, 0.4) is 0 Å². The van der Waals surface area contributed by atoms with E-state index in [1.54, 1.807) is 4.90 Å². The highest BCUT2D eigenvalue weighted by molar-refractivity contribution is 5.88. The van der Waals surface area contributed by atoms with Gasteiger partial charge in [-0.3, -0.25) is 9.59 Å². The molecule has 0 aromatic carbocycles. The Bertz CT molecular complexity index is 487. The summed E-state index contributed by atoms with van der Waals surface area (Å²) in [6.07, 6.45) is 7.25. The van der Waals surface area contributed by atoms with Crippen LogP contribution in [-0.4, -0.2) is 47.4 Å². The molecule has 1 N–H and O–H groups in total. The summed E-state index contributed by atoms with van der Waals surface area (Å²) < 4.78 is 5.55. The van der Waals surface area contributed by atoms with Crippen molar-refractivity contribution in [2.24, 2.45) is 5.92 Å². The number of rotatable bonds is 5. The van der Waals surface area contributed by atoms with Gasteiger partial charge in [-0.05, 0) is 18.8 Å². The molecule has 128 valence electrons. The molecule has 1 heterocycles. The van der Waals surface area contributed by atoms with Crippen molar-refractivity contribution in [2.45, 2.75) is 76.5 Å². The fraction of sp³-hybridized carbons (Fsp3) is 0.824. The number of ketones is 1. The quantitative estimate of drug-likeness (QED) is 0.786. The Labute approximate surface area is 136 Å². The number of Topliss-reactive ketones (excluding diaryl/α,β-unsaturated/α-hetero) is 1. The maximum absolute atomic E-state index is 12.1. The molecular formula is C17H26N2O4. The number of carbonyl (C=O) groups excluding carboxylic acids is 3. The number of nitrogens with one attached hydrogen (secondary N) is 1. The van der Waals surface area contributed by atoms with Crippen molar-refractivity contribution < 1.29 is 19.1 Å². The molecular weight excluding hydrogens is 296 g/mol. The number of amides is 2. The molecule has 6 nitrogen and oxygen atoms in total. The normalized spacial score (nSPS) is 29.3. The largest absolute Gasteiger partial charge is 0.462 e. The minimum atomic E-state index is -0.250. The number of hydrogen-bond donors (Lipinski definition) is 1. The average Bonchev–Trinajstić information content (AvgIpc) is 2.99. The van der Waals surface area contributed by atoms with Gasteiger partial charge in [0, 0.05) is 32.7 Å². The number of ether oxygens (including phenoxy) is 1. The van der Waals surface area contributed by atoms with E-state index in [0.29, 0.717) is 31.7 Å². The second kappa shape index (κ2) is 6.89. The van der Waals surface area contributed by atoms with Crippen molar-refractivity contribution in [1.82, 2.24) is 10.2 Å². The summed E-state index contributed by atoms with van der Waals surface area (Å²) in [4.78, 5) is 36.9. The Hall–Kier alpha value is -1.59. The third-order valence-electron chi connectivity index (χ3n) is 5.47. The van der Waals surface area contributed by atoms with Gasteiger partial charge >= 0.3 is 12.0 Å². The molecule has 0 bridgehead atoms. The van der Waals surface area contributed by atoms with E-state index in [2.05, 4.69) is 5.32 Å². The second-order valence-corrected chi connectivity index (χ2v) is 7.10. The highest BCUT2D eigenvalue weighted by Crippen LogP contribution is 2.31. The summed E-state index contributed by atoms with van der Waals surface area (Å²) in [5.74, 6) is 0.369. The Morgan fingerprint density at radius 2 is 2.00 bits per heavy atom. The van der Waals surface area contributed by atoms with Crippen LogP contribution in [0.1, 0.15) is 58.3 Å². The van der Waals surface area contributed by atoms with E-state index in [-0.39, 0.29) is 36.0 Å². The molecule has 3 aliphatic rings. The molecule has 0 radical (unpaired) electrons. The molecule has 3 rings (SSSR count). The van der Waals surface area contributed by atoms with Crippen molar-refractivity contribution in [1.29, 1.82) is 0 Å². The van der Waals surface area contributed by atoms with E-state index in [1.165, 1.54) is 26.2 Å². The topological polar surface area (TPSA) is 75.7 Å². The monoisotopic (exact) mass is 322 g/mol. The van der Waals surface area contributed by atoms with E-state index in [4.69, 9.17) is 4.74 Å². The third kappa shape index (κ3) is 3.67. The van der Waals surface area contributed by atoms with Crippen LogP contribution in [0.4, 0.5) is 4.79 Å². The van der Waals surface area contributed by atoms with Crippen LogP contribution in [0.2, 0.25) is 0 Å². The van der Waals surface area contributed by atoms with Crippen molar-refractivity contribution in [3.05, 3.63) is 0 Å². The predicted molar refractivity (Wildman–Crippen MR) is 83.8 cm³/mol. The number of hydrogen-bond acceptors (Lipinski definition) is 4. The first kappa shape index (κ1) is 16.3. The predicted octanol–water partition coefficient (Wildman–Crippen LogP) is 2.01. The lowest BCUT2D eigenvalue weighted by atomic mass is 9.84. The van der Waals surface area contributed by atoms with Gasteiger partial charge < -0.3 is 15.0 Å². The SMILES string of the molecule is CC(=O)OC(CCN1C(=O)N[C@@H]2CC(=O)C[C@@H]21)C1CCCCC1. The van der Waals surface area contributed by atoms with Gasteiger partial charge in [-0.25, -0.2) is 4.79 Å². The number of esters is 1. The average molecular weight is 322 g/mol. The van der Waals surface area contributed by atoms with Crippen LogP contribution in [-0.2, 0) is 14.3 Å². The summed E-state index contributed by atoms with van der Waals surface area (Å²) in [6.45, 7) is 2.00. The van der Waals surface area contributed by atoms with Crippen LogP contribution in [0, 0.1) is 5.92 Å². The van der Waals surface area contributed by atoms with Gasteiger partial charge in [-0.1, -0.05) is 19.3 Å². The lowest BCUT2D eigenvalue weighted by Crippen LogP contribution is -2.39. The zero-order valence-electron chi connectivity index (χ0n) is 13.8. The standard InChI is InChI=1S/C17H26N2O4/c1-11(20)23-16(12-5-3-2-4-6-12)7-8-19-15-10-13(21)9-14(15)18-17(19)22/h12,14-16H,2-10H2,1H3,(H,18,22)/t14-,15+,16?/m1/s1. The van der Waals surface area contributed by atoms with Crippen molar-refractivity contribution in [2.75, 3.05) is 6.54 Å². The molecule has 0 spiro atoms. The van der Waals surface area contributed by atoms with Gasteiger partial charge in [-0.2, -0.15) is 0 Å². The Kier molecular flexibility index (Phi) is 4.87. The van der Waals surface area contributed by atoms with E-state index in [9.17, 15) is 14.4 Å². The summed E-state index contributed by atoms with van der Waals surface area (Å²) in [5.41, 5.74) is 0. The van der Waals surface area contributed by atoms with Gasteiger partial charge in [0.1, 0.15) is 11.9 Å². The number of urea groups is 1. The molecule has 2 amide bonds. The first-order chi connectivity index (χ1) is 11.0. The summed E-state index contributed by atoms with van der Waals surface area (Å²) >= 11 is 0. The van der Waals surface area contributed by atoms with Gasteiger partial charge in [0.15, 0.2) is 0 Å². The maximum atomic E-state index is 12.1. The van der Waals surface area contributed by atoms with Gasteiger partial charge in [0.25, 0.3) is 0 Å². The van der Waals surface area contributed by atoms with E-state index in [1.807, 2.05) is 0 Å². The van der Waals surface area contributed by atoms with Crippen molar-refractivity contribution >= 4 is 17.8 Å². The Morgan fingerprint density at radius 1 is 1.26 bits per heavy atom. The number of nitrogens with zero attached hydrogens (tertiary/aromatic N) is 1. The molecule has 1 unspecified atom stereocenters. The lowest BCUT2D eigenvalue weighted by molar-refractivity contribution is -0.150. The van der Waals surface area contributed by atoms with Gasteiger partial charge in [-0.15, -0.1) is 0 Å². The molecule has 23 heavy (non-hydrogen) atoms. The highest BCUT2D eigenvalue weighted by atomic mass is 16.5. The summed E-state index contributed by atoms with van der Waals surface area (Å²) in [5, 5.41) is 2.90. The highest BCUT2D eigenvalue weighted by Gasteiger charge is 2.45. The molecule has 3 atom stereocenters. The van der Waals surface area contributed by atoms with E-state index in [0.717, 1.165) is 12.8 Å². The van der Waals surface area contributed by atoms with Crippen LogP contribution in [0.5, 0.6) is 0 Å². The molecule has 3 fully saturated rings. The minimum Gasteiger partial charge on any atom is -0.462 e. The van der Waals surface area contributed by atoms with E-state index >= 15 is 0 Å². The summed E-state index contributed by atoms with van der Waals surface area (Å²) in [7, 11) is 0. The second-order valence-electron chi connectivity index (χ2n) is 7.10. The van der Waals surface area contributed by atoms with Crippen LogP contribution < -0.4 is 5.32 Å². The Balaban J connectivity index is 1.60. The fourth-order valence-electron chi connectivity index (χ4n) is 4.35. The molecule has 0 aromatic rings. The number of fused-ring (bicyclic) bond motifs is 1. The zero-order chi connectivity index (χ0) is 16.4. The zero-order valence-corrected chi connectivity index (χ0v) is 13.8.